The van der Waals surface area contributed by atoms with E-state index in [0.29, 0.717) is 32.1 Å². The number of β-amino-alcohol motifs (C(OH)–C–C–N with tert-alkyl or cyclic N) is 1. The fourth-order valence-electron chi connectivity index (χ4n) is 8.18. The Labute approximate surface area is 247 Å². The van der Waals surface area contributed by atoms with Gasteiger partial charge in [0.05, 0.1) is 12.8 Å². The monoisotopic (exact) mass is 572 g/mol. The van der Waals surface area contributed by atoms with E-state index in [4.69, 9.17) is 0 Å². The molecule has 42 heavy (non-hydrogen) atoms. The number of halogens is 1. The van der Waals surface area contributed by atoms with Crippen molar-refractivity contribution in [3.05, 3.63) is 77.6 Å². The number of hydrogen-bond acceptors (Lipinski definition) is 6. The van der Waals surface area contributed by atoms with Gasteiger partial charge in [0.15, 0.2) is 0 Å². The summed E-state index contributed by atoms with van der Waals surface area (Å²) in [5.74, 6) is 0.0220. The van der Waals surface area contributed by atoms with Crippen LogP contribution in [0.5, 0.6) is 0 Å². The number of carbonyl (C=O) groups is 1. The molecule has 222 valence electrons. The summed E-state index contributed by atoms with van der Waals surface area (Å²) in [4.78, 5) is 23.0. The summed E-state index contributed by atoms with van der Waals surface area (Å²) in [5, 5.41) is 23.4. The molecule has 0 aromatic heterocycles. The Morgan fingerprint density at radius 3 is 2.50 bits per heavy atom. The van der Waals surface area contributed by atoms with Gasteiger partial charge in [0.1, 0.15) is 11.4 Å². The lowest BCUT2D eigenvalue weighted by Crippen LogP contribution is -2.57. The molecule has 7 nitrogen and oxygen atoms in total. The summed E-state index contributed by atoms with van der Waals surface area (Å²) in [6.07, 6.45) is 3.72. The molecule has 1 aliphatic carbocycles. The summed E-state index contributed by atoms with van der Waals surface area (Å²) in [6, 6.07) is 19.9. The van der Waals surface area contributed by atoms with Crippen LogP contribution in [-0.4, -0.2) is 95.0 Å². The molecule has 2 unspecified atom stereocenters. The Bertz CT molecular complexity index is 1440. The second-order valence-corrected chi connectivity index (χ2v) is 12.8. The van der Waals surface area contributed by atoms with Crippen molar-refractivity contribution in [2.24, 2.45) is 5.92 Å². The van der Waals surface area contributed by atoms with Crippen LogP contribution < -0.4 is 4.90 Å². The number of aliphatic hydroxyl groups is 2. The van der Waals surface area contributed by atoms with Gasteiger partial charge >= 0.3 is 0 Å². The summed E-state index contributed by atoms with van der Waals surface area (Å²) in [6.45, 7) is 4.59. The molecule has 2 N–H and O–H groups in total. The van der Waals surface area contributed by atoms with Gasteiger partial charge in [0.25, 0.3) is 0 Å². The van der Waals surface area contributed by atoms with Gasteiger partial charge in [0, 0.05) is 51.1 Å². The highest BCUT2D eigenvalue weighted by atomic mass is 19.1. The minimum Gasteiger partial charge on any atom is -0.396 e. The normalized spacial score (nSPS) is 25.2. The summed E-state index contributed by atoms with van der Waals surface area (Å²) in [5.41, 5.74) is 2.92. The first-order valence-electron chi connectivity index (χ1n) is 15.5. The maximum Gasteiger partial charge on any atom is 0.250 e. The van der Waals surface area contributed by atoms with E-state index in [0.717, 1.165) is 51.1 Å². The minimum absolute atomic E-state index is 0.0641. The minimum atomic E-state index is -0.710. The van der Waals surface area contributed by atoms with E-state index in [1.165, 1.54) is 34.0 Å². The van der Waals surface area contributed by atoms with Crippen molar-refractivity contribution in [3.63, 3.8) is 0 Å². The van der Waals surface area contributed by atoms with Crippen LogP contribution in [-0.2, 0) is 11.2 Å². The molecule has 8 heteroatoms. The average Bonchev–Trinajstić information content (AvgIpc) is 3.51. The van der Waals surface area contributed by atoms with Crippen molar-refractivity contribution >= 4 is 22.4 Å². The lowest BCUT2D eigenvalue weighted by Gasteiger charge is -2.45. The number of benzene rings is 3. The molecule has 3 atom stereocenters. The van der Waals surface area contributed by atoms with Gasteiger partial charge in [-0.05, 0) is 90.7 Å². The second-order valence-electron chi connectivity index (χ2n) is 12.8. The van der Waals surface area contributed by atoms with Gasteiger partial charge in [0.2, 0.25) is 5.91 Å². The molecule has 0 saturated carbocycles. The van der Waals surface area contributed by atoms with Gasteiger partial charge < -0.3 is 24.9 Å². The maximum absolute atomic E-state index is 14.3. The van der Waals surface area contributed by atoms with Crippen molar-refractivity contribution in [3.8, 4) is 0 Å². The Morgan fingerprint density at radius 2 is 1.74 bits per heavy atom. The van der Waals surface area contributed by atoms with Crippen LogP contribution in [0.15, 0.2) is 60.7 Å². The van der Waals surface area contributed by atoms with Crippen LogP contribution in [0.25, 0.3) is 10.8 Å². The van der Waals surface area contributed by atoms with Crippen molar-refractivity contribution in [2.75, 3.05) is 57.4 Å². The Hall–Kier alpha value is -3.04. The molecule has 3 aromatic carbocycles. The van der Waals surface area contributed by atoms with E-state index in [1.54, 1.807) is 12.1 Å². The molecule has 3 aromatic rings. The van der Waals surface area contributed by atoms with Crippen LogP contribution in [0.2, 0.25) is 0 Å². The summed E-state index contributed by atoms with van der Waals surface area (Å²) >= 11 is 0. The number of likely N-dealkylation sites (tertiary alicyclic amines) is 2. The smallest absolute Gasteiger partial charge is 0.250 e. The fourth-order valence-corrected chi connectivity index (χ4v) is 8.18. The first kappa shape index (κ1) is 27.8. The quantitative estimate of drug-likeness (QED) is 0.449. The highest BCUT2D eigenvalue weighted by Gasteiger charge is 2.54. The number of carbonyl (C=O) groups excluding carboxylic acids is 1. The van der Waals surface area contributed by atoms with Gasteiger partial charge in [-0.25, -0.2) is 4.39 Å². The van der Waals surface area contributed by atoms with E-state index in [-0.39, 0.29) is 30.8 Å². The largest absolute Gasteiger partial charge is 0.396 e. The van der Waals surface area contributed by atoms with E-state index in [1.807, 2.05) is 4.90 Å². The predicted molar refractivity (Wildman–Crippen MR) is 162 cm³/mol. The van der Waals surface area contributed by atoms with Crippen LogP contribution >= 0.6 is 0 Å². The highest BCUT2D eigenvalue weighted by molar-refractivity contribution is 5.94. The van der Waals surface area contributed by atoms with Crippen molar-refractivity contribution < 1.29 is 19.4 Å². The SMILES string of the molecule is O=C1N(C[C@H](O)CN2CCCC(CO)C2)CN(c2ccc(F)cc2)C12CCN(C1Cc3cccc4cccc1c34)CC2. The van der Waals surface area contributed by atoms with E-state index >= 15 is 0 Å². The van der Waals surface area contributed by atoms with Gasteiger partial charge in [-0.1, -0.05) is 36.4 Å². The summed E-state index contributed by atoms with van der Waals surface area (Å²) in [7, 11) is 0. The zero-order valence-electron chi connectivity index (χ0n) is 24.2. The number of rotatable bonds is 7. The number of hydrogen-bond donors (Lipinski definition) is 2. The molecular formula is C34H41FN4O3. The third kappa shape index (κ3) is 4.88. The third-order valence-corrected chi connectivity index (χ3v) is 10.3. The standard InChI is InChI=1S/C34H41FN4O3/c35-27-9-11-28(12-10-27)39-23-38(21-29(41)20-36-15-3-4-24(19-36)22-40)33(42)34(39)13-16-37(17-14-34)31-18-26-7-1-5-25-6-2-8-30(31)32(25)26/h1-2,5-12,24,29,31,40-41H,3-4,13-23H2/t24?,29-,31?/m1/s1. The molecular weight excluding hydrogens is 531 g/mol. The lowest BCUT2D eigenvalue weighted by molar-refractivity contribution is -0.135. The Kier molecular flexibility index (Phi) is 7.42. The lowest BCUT2D eigenvalue weighted by atomic mass is 9.84. The van der Waals surface area contributed by atoms with E-state index in [9.17, 15) is 19.4 Å². The van der Waals surface area contributed by atoms with Gasteiger partial charge in [-0.2, -0.15) is 0 Å². The number of anilines is 1. The Morgan fingerprint density at radius 1 is 0.976 bits per heavy atom. The molecule has 0 radical (unpaired) electrons. The molecule has 1 spiro atoms. The molecule has 3 saturated heterocycles. The second kappa shape index (κ2) is 11.2. The molecule has 3 heterocycles. The molecule has 3 aliphatic heterocycles. The van der Waals surface area contributed by atoms with Crippen LogP contribution in [0, 0.1) is 11.7 Å². The number of aliphatic hydroxyl groups excluding tert-OH is 2. The van der Waals surface area contributed by atoms with E-state index in [2.05, 4.69) is 51.1 Å². The van der Waals surface area contributed by atoms with Gasteiger partial charge in [-0.3, -0.25) is 9.69 Å². The molecule has 4 aliphatic rings. The fraction of sp³-hybridized carbons (Fsp3) is 0.500. The summed E-state index contributed by atoms with van der Waals surface area (Å²) < 4.78 is 13.9. The van der Waals surface area contributed by atoms with Crippen LogP contribution in [0.3, 0.4) is 0 Å². The maximum atomic E-state index is 14.3. The third-order valence-electron chi connectivity index (χ3n) is 10.3. The number of piperidine rings is 2. The molecule has 1 amide bonds. The van der Waals surface area contributed by atoms with Crippen molar-refractivity contribution in [1.29, 1.82) is 0 Å². The van der Waals surface area contributed by atoms with Crippen molar-refractivity contribution in [1.82, 2.24) is 14.7 Å². The highest BCUT2D eigenvalue weighted by Crippen LogP contribution is 2.45. The number of nitrogens with zero attached hydrogens (tertiary/aromatic N) is 4. The number of amides is 1. The van der Waals surface area contributed by atoms with Crippen LogP contribution in [0.4, 0.5) is 10.1 Å². The van der Waals surface area contributed by atoms with Crippen LogP contribution in [0.1, 0.15) is 42.9 Å². The zero-order chi connectivity index (χ0) is 28.8. The predicted octanol–water partition coefficient (Wildman–Crippen LogP) is 3.78. The van der Waals surface area contributed by atoms with Gasteiger partial charge in [-0.15, -0.1) is 0 Å². The molecule has 7 rings (SSSR count). The topological polar surface area (TPSA) is 70.5 Å². The Balaban J connectivity index is 1.09. The zero-order valence-corrected chi connectivity index (χ0v) is 24.2. The molecule has 3 fully saturated rings. The average molecular weight is 573 g/mol. The van der Waals surface area contributed by atoms with Crippen molar-refractivity contribution in [2.45, 2.75) is 49.8 Å². The molecule has 0 bridgehead atoms. The first-order chi connectivity index (χ1) is 20.4. The van der Waals surface area contributed by atoms with E-state index < -0.39 is 11.6 Å². The first-order valence-corrected chi connectivity index (χ1v) is 15.5.